The highest BCUT2D eigenvalue weighted by molar-refractivity contribution is 6.10. The Balaban J connectivity index is 2.33. The molecule has 0 radical (unpaired) electrons. The number of nitriles is 1. The molecule has 0 spiro atoms. The molecule has 0 saturated heterocycles. The smallest absolute Gasteiger partial charge is 0.266 e. The number of ether oxygens (including phenoxy) is 1. The first kappa shape index (κ1) is 18.3. The van der Waals surface area contributed by atoms with E-state index in [1.807, 2.05) is 70.2 Å². The third-order valence-electron chi connectivity index (χ3n) is 3.80. The van der Waals surface area contributed by atoms with Crippen molar-refractivity contribution in [3.8, 4) is 11.8 Å². The van der Waals surface area contributed by atoms with E-state index < -0.39 is 5.91 Å². The number of hydrogen-bond acceptors (Lipinski definition) is 3. The molecule has 4 nitrogen and oxygen atoms in total. The zero-order valence-corrected chi connectivity index (χ0v) is 15.0. The van der Waals surface area contributed by atoms with E-state index in [-0.39, 0.29) is 5.57 Å². The molecule has 0 saturated carbocycles. The van der Waals surface area contributed by atoms with E-state index >= 15 is 0 Å². The Bertz CT molecular complexity index is 837. The highest BCUT2D eigenvalue weighted by atomic mass is 16.5. The molecule has 0 aliphatic rings. The second kappa shape index (κ2) is 8.16. The van der Waals surface area contributed by atoms with Crippen molar-refractivity contribution in [2.45, 2.75) is 27.7 Å². The number of rotatable bonds is 5. The van der Waals surface area contributed by atoms with E-state index in [2.05, 4.69) is 5.32 Å². The molecular weight excluding hydrogens is 312 g/mol. The average molecular weight is 334 g/mol. The van der Waals surface area contributed by atoms with Crippen LogP contribution in [-0.4, -0.2) is 12.5 Å². The van der Waals surface area contributed by atoms with Crippen LogP contribution in [0, 0.1) is 32.1 Å². The van der Waals surface area contributed by atoms with Crippen molar-refractivity contribution >= 4 is 17.7 Å². The number of hydrogen-bond donors (Lipinski definition) is 1. The fourth-order valence-corrected chi connectivity index (χ4v) is 2.75. The molecule has 0 atom stereocenters. The number of nitrogens with zero attached hydrogens (tertiary/aromatic N) is 1. The summed E-state index contributed by atoms with van der Waals surface area (Å²) in [6.45, 7) is 8.30. The summed E-state index contributed by atoms with van der Waals surface area (Å²) >= 11 is 0. The van der Waals surface area contributed by atoms with E-state index in [1.165, 1.54) is 0 Å². The topological polar surface area (TPSA) is 62.1 Å². The zero-order valence-electron chi connectivity index (χ0n) is 15.0. The van der Waals surface area contributed by atoms with Gasteiger partial charge in [0.2, 0.25) is 0 Å². The largest absolute Gasteiger partial charge is 0.493 e. The summed E-state index contributed by atoms with van der Waals surface area (Å²) in [6.07, 6.45) is 1.55. The molecule has 2 aromatic carbocycles. The van der Waals surface area contributed by atoms with Gasteiger partial charge in [0, 0.05) is 11.3 Å². The SMILES string of the molecule is CCOc1ccccc1C=C(C#N)C(=O)Nc1c(C)cc(C)cc1C. The third-order valence-corrected chi connectivity index (χ3v) is 3.80. The minimum atomic E-state index is -0.427. The van der Waals surface area contributed by atoms with E-state index in [9.17, 15) is 10.1 Å². The van der Waals surface area contributed by atoms with Crippen LogP contribution in [0.4, 0.5) is 5.69 Å². The van der Waals surface area contributed by atoms with Crippen LogP contribution in [0.5, 0.6) is 5.75 Å². The summed E-state index contributed by atoms with van der Waals surface area (Å²) in [4.78, 5) is 12.6. The fraction of sp³-hybridized carbons (Fsp3) is 0.238. The van der Waals surface area contributed by atoms with Crippen molar-refractivity contribution in [2.75, 3.05) is 11.9 Å². The molecule has 2 rings (SSSR count). The van der Waals surface area contributed by atoms with Gasteiger partial charge in [0.05, 0.1) is 6.61 Å². The van der Waals surface area contributed by atoms with Crippen LogP contribution in [0.1, 0.15) is 29.2 Å². The van der Waals surface area contributed by atoms with Gasteiger partial charge in [-0.3, -0.25) is 4.79 Å². The quantitative estimate of drug-likeness (QED) is 0.644. The van der Waals surface area contributed by atoms with Crippen molar-refractivity contribution in [3.05, 3.63) is 64.2 Å². The van der Waals surface area contributed by atoms with Crippen LogP contribution in [0.25, 0.3) is 6.08 Å². The van der Waals surface area contributed by atoms with Crippen molar-refractivity contribution < 1.29 is 9.53 Å². The van der Waals surface area contributed by atoms with E-state index in [4.69, 9.17) is 4.74 Å². The van der Waals surface area contributed by atoms with Crippen LogP contribution in [0.2, 0.25) is 0 Å². The standard InChI is InChI=1S/C21H22N2O2/c1-5-25-19-9-7-6-8-17(19)12-18(13-22)21(24)23-20-15(3)10-14(2)11-16(20)4/h6-12H,5H2,1-4H3,(H,23,24). The van der Waals surface area contributed by atoms with Gasteiger partial charge in [-0.05, 0) is 51.0 Å². The first-order chi connectivity index (χ1) is 12.0. The molecule has 0 bridgehead atoms. The number of benzene rings is 2. The molecule has 2 aromatic rings. The molecule has 1 N–H and O–H groups in total. The number of para-hydroxylation sites is 1. The summed E-state index contributed by atoms with van der Waals surface area (Å²) in [7, 11) is 0. The van der Waals surface area contributed by atoms with Gasteiger partial charge < -0.3 is 10.1 Å². The van der Waals surface area contributed by atoms with Crippen LogP contribution in [-0.2, 0) is 4.79 Å². The van der Waals surface area contributed by atoms with E-state index in [0.717, 1.165) is 22.4 Å². The zero-order chi connectivity index (χ0) is 18.4. The maximum Gasteiger partial charge on any atom is 0.266 e. The maximum absolute atomic E-state index is 12.6. The minimum absolute atomic E-state index is 0.0338. The van der Waals surface area contributed by atoms with Gasteiger partial charge >= 0.3 is 0 Å². The molecule has 0 fully saturated rings. The van der Waals surface area contributed by atoms with Crippen molar-refractivity contribution in [1.29, 1.82) is 5.26 Å². The Hall–Kier alpha value is -3.06. The van der Waals surface area contributed by atoms with Gasteiger partial charge in [-0.1, -0.05) is 35.9 Å². The summed E-state index contributed by atoms with van der Waals surface area (Å²) in [6, 6.07) is 13.3. The second-order valence-electron chi connectivity index (χ2n) is 5.87. The van der Waals surface area contributed by atoms with Crippen LogP contribution >= 0.6 is 0 Å². The highest BCUT2D eigenvalue weighted by Gasteiger charge is 2.14. The Labute approximate surface area is 148 Å². The number of carbonyl (C=O) groups is 1. The molecule has 0 heterocycles. The summed E-state index contributed by atoms with van der Waals surface area (Å²) in [5.74, 6) is 0.220. The Morgan fingerprint density at radius 2 is 1.84 bits per heavy atom. The number of nitrogens with one attached hydrogen (secondary N) is 1. The van der Waals surface area contributed by atoms with Crippen molar-refractivity contribution in [3.63, 3.8) is 0 Å². The Morgan fingerprint density at radius 1 is 1.20 bits per heavy atom. The van der Waals surface area contributed by atoms with Crippen LogP contribution in [0.3, 0.4) is 0 Å². The summed E-state index contributed by atoms with van der Waals surface area (Å²) in [5.41, 5.74) is 4.56. The monoisotopic (exact) mass is 334 g/mol. The predicted octanol–water partition coefficient (Wildman–Crippen LogP) is 4.56. The van der Waals surface area contributed by atoms with Crippen LogP contribution in [0.15, 0.2) is 42.0 Å². The number of anilines is 1. The lowest BCUT2D eigenvalue weighted by Gasteiger charge is -2.13. The third kappa shape index (κ3) is 4.48. The molecule has 0 aliphatic heterocycles. The van der Waals surface area contributed by atoms with Crippen LogP contribution < -0.4 is 10.1 Å². The van der Waals surface area contributed by atoms with Gasteiger partial charge in [0.15, 0.2) is 0 Å². The lowest BCUT2D eigenvalue weighted by Crippen LogP contribution is -2.15. The molecule has 25 heavy (non-hydrogen) atoms. The van der Waals surface area contributed by atoms with Gasteiger partial charge in [-0.2, -0.15) is 5.26 Å². The lowest BCUT2D eigenvalue weighted by atomic mass is 10.0. The van der Waals surface area contributed by atoms with E-state index in [0.29, 0.717) is 17.9 Å². The Morgan fingerprint density at radius 3 is 2.44 bits per heavy atom. The molecule has 4 heteroatoms. The molecule has 0 aromatic heterocycles. The normalized spacial score (nSPS) is 10.9. The van der Waals surface area contributed by atoms with Crippen molar-refractivity contribution in [2.24, 2.45) is 0 Å². The first-order valence-corrected chi connectivity index (χ1v) is 8.19. The molecular formula is C21H22N2O2. The number of carbonyl (C=O) groups excluding carboxylic acids is 1. The lowest BCUT2D eigenvalue weighted by molar-refractivity contribution is -0.112. The summed E-state index contributed by atoms with van der Waals surface area (Å²) < 4.78 is 5.55. The van der Waals surface area contributed by atoms with Gasteiger partial charge in [0.1, 0.15) is 17.4 Å². The molecule has 0 aliphatic carbocycles. The highest BCUT2D eigenvalue weighted by Crippen LogP contribution is 2.24. The summed E-state index contributed by atoms with van der Waals surface area (Å²) in [5, 5.41) is 12.3. The second-order valence-corrected chi connectivity index (χ2v) is 5.87. The predicted molar refractivity (Wildman–Crippen MR) is 100 cm³/mol. The van der Waals surface area contributed by atoms with E-state index in [1.54, 1.807) is 6.08 Å². The van der Waals surface area contributed by atoms with Gasteiger partial charge in [-0.15, -0.1) is 0 Å². The fourth-order valence-electron chi connectivity index (χ4n) is 2.75. The molecule has 128 valence electrons. The van der Waals surface area contributed by atoms with Gasteiger partial charge in [-0.25, -0.2) is 0 Å². The maximum atomic E-state index is 12.6. The molecule has 0 unspecified atom stereocenters. The average Bonchev–Trinajstić information content (AvgIpc) is 2.57. The Kier molecular flexibility index (Phi) is 5.97. The number of aryl methyl sites for hydroxylation is 3. The molecule has 1 amide bonds. The van der Waals surface area contributed by atoms with Gasteiger partial charge in [0.25, 0.3) is 5.91 Å². The minimum Gasteiger partial charge on any atom is -0.493 e. The van der Waals surface area contributed by atoms with Crippen molar-refractivity contribution in [1.82, 2.24) is 0 Å². The number of amides is 1. The first-order valence-electron chi connectivity index (χ1n) is 8.19.